The Balaban J connectivity index is 2.58. The van der Waals surface area contributed by atoms with E-state index in [1.54, 1.807) is 7.05 Å². The molecule has 0 aliphatic carbocycles. The zero-order chi connectivity index (χ0) is 10.7. The number of amides is 1. The number of ether oxygens (including phenoxy) is 1. The molecule has 0 spiro atoms. The van der Waals surface area contributed by atoms with Gasteiger partial charge in [-0.2, -0.15) is 0 Å². The topological polar surface area (TPSA) is 72.6 Å². The first-order chi connectivity index (χ1) is 6.50. The van der Waals surface area contributed by atoms with Crippen LogP contribution in [0.25, 0.3) is 0 Å². The van der Waals surface area contributed by atoms with Gasteiger partial charge in [0.25, 0.3) is 0 Å². The van der Waals surface area contributed by atoms with Gasteiger partial charge in [0.15, 0.2) is 0 Å². The molecule has 1 fully saturated rings. The number of hydrogen-bond donors (Lipinski definition) is 1. The minimum Gasteiger partial charge on any atom is -0.461 e. The van der Waals surface area contributed by atoms with Crippen molar-refractivity contribution in [3.05, 3.63) is 0 Å². The summed E-state index contributed by atoms with van der Waals surface area (Å²) in [7, 11) is 1.67. The average Bonchev–Trinajstić information content (AvgIpc) is 2.19. The monoisotopic (exact) mass is 200 g/mol. The Morgan fingerprint density at radius 2 is 2.21 bits per heavy atom. The van der Waals surface area contributed by atoms with Gasteiger partial charge in [0.05, 0.1) is 12.6 Å². The Bertz CT molecular complexity index is 242. The predicted octanol–water partition coefficient (Wildman–Crippen LogP) is -0.502. The third-order valence-corrected chi connectivity index (χ3v) is 2.30. The molecule has 0 bridgehead atoms. The van der Waals surface area contributed by atoms with Crippen molar-refractivity contribution in [1.82, 2.24) is 4.90 Å². The van der Waals surface area contributed by atoms with Gasteiger partial charge < -0.3 is 15.4 Å². The molecule has 1 amide bonds. The number of carbonyl (C=O) groups is 2. The molecule has 0 radical (unpaired) electrons. The highest BCUT2D eigenvalue weighted by Gasteiger charge is 2.27. The fourth-order valence-electron chi connectivity index (χ4n) is 1.59. The molecule has 2 atom stereocenters. The molecule has 0 aromatic heterocycles. The number of nitrogens with zero attached hydrogens (tertiary/aromatic N) is 1. The molecule has 2 N–H and O–H groups in total. The molecule has 1 aliphatic heterocycles. The van der Waals surface area contributed by atoms with Crippen LogP contribution in [0.3, 0.4) is 0 Å². The van der Waals surface area contributed by atoms with Gasteiger partial charge in [-0.05, 0) is 12.8 Å². The highest BCUT2D eigenvalue weighted by atomic mass is 16.5. The lowest BCUT2D eigenvalue weighted by Crippen LogP contribution is -2.41. The van der Waals surface area contributed by atoms with Crippen LogP contribution in [0.15, 0.2) is 0 Å². The van der Waals surface area contributed by atoms with Crippen molar-refractivity contribution in [3.8, 4) is 0 Å². The fraction of sp³-hybridized carbons (Fsp3) is 0.778. The van der Waals surface area contributed by atoms with Crippen LogP contribution in [-0.4, -0.2) is 42.5 Å². The van der Waals surface area contributed by atoms with Crippen LogP contribution >= 0.6 is 0 Å². The van der Waals surface area contributed by atoms with E-state index < -0.39 is 6.04 Å². The molecule has 1 saturated heterocycles. The molecule has 1 rings (SSSR count). The van der Waals surface area contributed by atoms with Crippen LogP contribution in [0, 0.1) is 0 Å². The zero-order valence-electron chi connectivity index (χ0n) is 8.53. The molecule has 5 heteroatoms. The maximum absolute atomic E-state index is 11.4. The molecular formula is C9H16N2O3. The molecule has 0 aromatic rings. The summed E-state index contributed by atoms with van der Waals surface area (Å²) in [6, 6.07) is -0.458. The summed E-state index contributed by atoms with van der Waals surface area (Å²) in [5.74, 6) is -0.397. The van der Waals surface area contributed by atoms with E-state index in [0.29, 0.717) is 19.4 Å². The Morgan fingerprint density at radius 3 is 2.79 bits per heavy atom. The Kier molecular flexibility index (Phi) is 3.46. The van der Waals surface area contributed by atoms with Gasteiger partial charge in [0.1, 0.15) is 6.10 Å². The fourth-order valence-corrected chi connectivity index (χ4v) is 1.59. The summed E-state index contributed by atoms with van der Waals surface area (Å²) in [5.41, 5.74) is 5.63. The molecule has 0 saturated carbocycles. The highest BCUT2D eigenvalue weighted by Crippen LogP contribution is 2.12. The first kappa shape index (κ1) is 11.0. The third-order valence-electron chi connectivity index (χ3n) is 2.30. The van der Waals surface area contributed by atoms with Crippen LogP contribution in [0.1, 0.15) is 19.8 Å². The van der Waals surface area contributed by atoms with E-state index in [1.807, 2.05) is 0 Å². The zero-order valence-corrected chi connectivity index (χ0v) is 8.53. The van der Waals surface area contributed by atoms with Crippen molar-refractivity contribution in [2.24, 2.45) is 5.73 Å². The molecule has 1 heterocycles. The molecule has 14 heavy (non-hydrogen) atoms. The number of likely N-dealkylation sites (N-methyl/N-ethyl adjacent to an activating group) is 1. The van der Waals surface area contributed by atoms with Gasteiger partial charge in [-0.1, -0.05) is 0 Å². The van der Waals surface area contributed by atoms with Crippen LogP contribution in [0.4, 0.5) is 0 Å². The Hall–Kier alpha value is -1.10. The maximum atomic E-state index is 11.4. The molecular weight excluding hydrogens is 184 g/mol. The largest absolute Gasteiger partial charge is 0.461 e. The maximum Gasteiger partial charge on any atom is 0.302 e. The van der Waals surface area contributed by atoms with E-state index in [9.17, 15) is 9.59 Å². The number of likely N-dealkylation sites (tertiary alicyclic amines) is 1. The van der Waals surface area contributed by atoms with Crippen molar-refractivity contribution in [3.63, 3.8) is 0 Å². The van der Waals surface area contributed by atoms with E-state index in [-0.39, 0.29) is 18.0 Å². The highest BCUT2D eigenvalue weighted by molar-refractivity contribution is 5.81. The van der Waals surface area contributed by atoms with Crippen molar-refractivity contribution in [2.45, 2.75) is 31.9 Å². The summed E-state index contributed by atoms with van der Waals surface area (Å²) in [6.07, 6.45) is 1.01. The summed E-state index contributed by atoms with van der Waals surface area (Å²) < 4.78 is 5.05. The van der Waals surface area contributed by atoms with E-state index in [0.717, 1.165) is 0 Å². The van der Waals surface area contributed by atoms with Gasteiger partial charge in [-0.25, -0.2) is 0 Å². The minimum absolute atomic E-state index is 0.0837. The lowest BCUT2D eigenvalue weighted by molar-refractivity contribution is -0.148. The van der Waals surface area contributed by atoms with Crippen LogP contribution in [0.2, 0.25) is 0 Å². The summed E-state index contributed by atoms with van der Waals surface area (Å²) in [6.45, 7) is 1.80. The second-order valence-corrected chi connectivity index (χ2v) is 3.63. The first-order valence-electron chi connectivity index (χ1n) is 4.68. The number of nitrogens with two attached hydrogens (primary N) is 1. The molecule has 1 aliphatic rings. The quantitative estimate of drug-likeness (QED) is 0.579. The van der Waals surface area contributed by atoms with Crippen LogP contribution < -0.4 is 5.73 Å². The van der Waals surface area contributed by atoms with Crippen molar-refractivity contribution in [2.75, 3.05) is 13.6 Å². The van der Waals surface area contributed by atoms with Gasteiger partial charge in [0.2, 0.25) is 5.91 Å². The van der Waals surface area contributed by atoms with E-state index in [4.69, 9.17) is 10.5 Å². The Labute approximate surface area is 83.2 Å². The molecule has 80 valence electrons. The summed E-state index contributed by atoms with van der Waals surface area (Å²) in [4.78, 5) is 23.7. The lowest BCUT2D eigenvalue weighted by Gasteiger charge is -2.20. The third kappa shape index (κ3) is 2.70. The van der Waals surface area contributed by atoms with Gasteiger partial charge >= 0.3 is 5.97 Å². The normalized spacial score (nSPS) is 28.5. The number of hydrogen-bond acceptors (Lipinski definition) is 4. The second kappa shape index (κ2) is 4.41. The van der Waals surface area contributed by atoms with E-state index in [2.05, 4.69) is 0 Å². The van der Waals surface area contributed by atoms with E-state index in [1.165, 1.54) is 11.8 Å². The second-order valence-electron chi connectivity index (χ2n) is 3.63. The number of carbonyl (C=O) groups excluding carboxylic acids is 2. The molecule has 0 aromatic carbocycles. The number of rotatable bonds is 1. The Morgan fingerprint density at radius 1 is 1.57 bits per heavy atom. The van der Waals surface area contributed by atoms with Crippen LogP contribution in [0.5, 0.6) is 0 Å². The van der Waals surface area contributed by atoms with Gasteiger partial charge in [-0.3, -0.25) is 9.59 Å². The summed E-state index contributed by atoms with van der Waals surface area (Å²) in [5, 5.41) is 0. The minimum atomic E-state index is -0.458. The standard InChI is InChI=1S/C9H16N2O3/c1-6(12)14-7-3-4-8(10)9(13)11(2)5-7/h7-8H,3-5,10H2,1-2H3/t7-,8-/m0/s1. The molecule has 5 nitrogen and oxygen atoms in total. The van der Waals surface area contributed by atoms with Crippen molar-refractivity contribution in [1.29, 1.82) is 0 Å². The smallest absolute Gasteiger partial charge is 0.302 e. The first-order valence-corrected chi connectivity index (χ1v) is 4.68. The summed E-state index contributed by atoms with van der Waals surface area (Å²) >= 11 is 0. The van der Waals surface area contributed by atoms with Crippen molar-refractivity contribution >= 4 is 11.9 Å². The van der Waals surface area contributed by atoms with Crippen LogP contribution in [-0.2, 0) is 14.3 Å². The van der Waals surface area contributed by atoms with Crippen molar-refractivity contribution < 1.29 is 14.3 Å². The predicted molar refractivity (Wildman–Crippen MR) is 50.4 cm³/mol. The van der Waals surface area contributed by atoms with Gasteiger partial charge in [-0.15, -0.1) is 0 Å². The SMILES string of the molecule is CC(=O)O[C@H]1CC[C@H](N)C(=O)N(C)C1. The lowest BCUT2D eigenvalue weighted by atomic mass is 10.1. The van der Waals surface area contributed by atoms with E-state index >= 15 is 0 Å². The molecule has 0 unspecified atom stereocenters. The number of esters is 1. The average molecular weight is 200 g/mol. The van der Waals surface area contributed by atoms with Gasteiger partial charge in [0, 0.05) is 14.0 Å².